The predicted molar refractivity (Wildman–Crippen MR) is 49.9 cm³/mol. The first kappa shape index (κ1) is 11.5. The van der Waals surface area contributed by atoms with Crippen molar-refractivity contribution in [2.24, 2.45) is 11.8 Å². The molecular weight excluding hydrogens is 152 g/mol. The smallest absolute Gasteiger partial charge is 0.302 e. The van der Waals surface area contributed by atoms with Crippen LogP contribution in [-0.4, -0.2) is 12.6 Å². The monoisotopic (exact) mass is 172 g/mol. The Morgan fingerprint density at radius 3 is 2.17 bits per heavy atom. The molecule has 0 rings (SSSR count). The van der Waals surface area contributed by atoms with Crippen LogP contribution in [0.25, 0.3) is 0 Å². The lowest BCUT2D eigenvalue weighted by molar-refractivity contribution is -0.142. The summed E-state index contributed by atoms with van der Waals surface area (Å²) in [6.07, 6.45) is 2.33. The van der Waals surface area contributed by atoms with Gasteiger partial charge in [0, 0.05) is 6.92 Å². The number of carbonyl (C=O) groups excluding carboxylic acids is 1. The number of hydrogen-bond donors (Lipinski definition) is 0. The van der Waals surface area contributed by atoms with Gasteiger partial charge in [0.15, 0.2) is 0 Å². The average Bonchev–Trinajstić information content (AvgIpc) is 2.03. The van der Waals surface area contributed by atoms with Crippen LogP contribution in [0.2, 0.25) is 0 Å². The van der Waals surface area contributed by atoms with Gasteiger partial charge in [0.1, 0.15) is 0 Å². The second kappa shape index (κ2) is 6.04. The van der Waals surface area contributed by atoms with E-state index >= 15 is 0 Å². The first-order chi connectivity index (χ1) is 5.61. The molecule has 0 aromatic heterocycles. The highest BCUT2D eigenvalue weighted by Gasteiger charge is 2.14. The number of carbonyl (C=O) groups is 1. The number of rotatable bonds is 5. The zero-order valence-corrected chi connectivity index (χ0v) is 8.59. The highest BCUT2D eigenvalue weighted by atomic mass is 16.5. The van der Waals surface area contributed by atoms with Crippen LogP contribution in [0.3, 0.4) is 0 Å². The van der Waals surface area contributed by atoms with Gasteiger partial charge in [-0.1, -0.05) is 33.6 Å². The molecule has 0 spiro atoms. The first-order valence-corrected chi connectivity index (χ1v) is 4.75. The summed E-state index contributed by atoms with van der Waals surface area (Å²) in [5.41, 5.74) is 0. The van der Waals surface area contributed by atoms with Gasteiger partial charge in [-0.15, -0.1) is 0 Å². The van der Waals surface area contributed by atoms with Crippen LogP contribution in [0.4, 0.5) is 0 Å². The van der Waals surface area contributed by atoms with E-state index in [1.54, 1.807) is 0 Å². The van der Waals surface area contributed by atoms with E-state index < -0.39 is 0 Å². The van der Waals surface area contributed by atoms with Gasteiger partial charge in [-0.05, 0) is 11.8 Å². The van der Waals surface area contributed by atoms with Gasteiger partial charge in [-0.3, -0.25) is 4.79 Å². The summed E-state index contributed by atoms with van der Waals surface area (Å²) in [5.74, 6) is 1.00. The van der Waals surface area contributed by atoms with E-state index in [0.717, 1.165) is 0 Å². The maximum atomic E-state index is 10.5. The molecule has 0 aliphatic rings. The molecule has 0 aliphatic carbocycles. The first-order valence-electron chi connectivity index (χ1n) is 4.75. The Morgan fingerprint density at radius 1 is 1.33 bits per heavy atom. The molecule has 12 heavy (non-hydrogen) atoms. The van der Waals surface area contributed by atoms with Crippen molar-refractivity contribution in [2.75, 3.05) is 6.61 Å². The Kier molecular flexibility index (Phi) is 5.77. The minimum absolute atomic E-state index is 0.173. The van der Waals surface area contributed by atoms with Crippen LogP contribution in [-0.2, 0) is 9.53 Å². The minimum Gasteiger partial charge on any atom is -0.466 e. The third-order valence-corrected chi connectivity index (χ3v) is 2.40. The van der Waals surface area contributed by atoms with Gasteiger partial charge in [0.25, 0.3) is 0 Å². The summed E-state index contributed by atoms with van der Waals surface area (Å²) in [5, 5.41) is 0. The molecule has 1 unspecified atom stereocenters. The van der Waals surface area contributed by atoms with Crippen LogP contribution in [0.5, 0.6) is 0 Å². The fourth-order valence-electron chi connectivity index (χ4n) is 1.48. The Bertz CT molecular complexity index is 128. The molecule has 0 aromatic rings. The summed E-state index contributed by atoms with van der Waals surface area (Å²) in [4.78, 5) is 10.5. The summed E-state index contributed by atoms with van der Waals surface area (Å²) >= 11 is 0. The van der Waals surface area contributed by atoms with Gasteiger partial charge < -0.3 is 4.74 Å². The van der Waals surface area contributed by atoms with Crippen LogP contribution in [0.15, 0.2) is 0 Å². The molecule has 0 fully saturated rings. The molecule has 0 bridgehead atoms. The maximum absolute atomic E-state index is 10.5. The molecule has 0 saturated carbocycles. The molecule has 72 valence electrons. The Labute approximate surface area is 75.3 Å². The molecule has 1 atom stereocenters. The molecule has 2 heteroatoms. The van der Waals surface area contributed by atoms with Crippen LogP contribution >= 0.6 is 0 Å². The molecule has 0 N–H and O–H groups in total. The highest BCUT2D eigenvalue weighted by molar-refractivity contribution is 5.65. The molecule has 2 nitrogen and oxygen atoms in total. The van der Waals surface area contributed by atoms with Crippen molar-refractivity contribution >= 4 is 5.97 Å². The molecule has 0 saturated heterocycles. The van der Waals surface area contributed by atoms with E-state index in [2.05, 4.69) is 20.8 Å². The standard InChI is InChI=1S/C10H20O2/c1-5-10(6-2)8(3)7-12-9(4)11/h8,10H,5-7H2,1-4H3. The zero-order valence-electron chi connectivity index (χ0n) is 8.59. The summed E-state index contributed by atoms with van der Waals surface area (Å²) < 4.78 is 4.95. The SMILES string of the molecule is CCC(CC)C(C)COC(C)=O. The fourth-order valence-corrected chi connectivity index (χ4v) is 1.48. The topological polar surface area (TPSA) is 26.3 Å². The Hall–Kier alpha value is -0.530. The molecule has 0 aliphatic heterocycles. The van der Waals surface area contributed by atoms with Crippen molar-refractivity contribution in [3.8, 4) is 0 Å². The molecule has 0 radical (unpaired) electrons. The Morgan fingerprint density at radius 2 is 1.83 bits per heavy atom. The third-order valence-electron chi connectivity index (χ3n) is 2.40. The van der Waals surface area contributed by atoms with Crippen molar-refractivity contribution in [1.82, 2.24) is 0 Å². The quantitative estimate of drug-likeness (QED) is 0.596. The van der Waals surface area contributed by atoms with E-state index in [0.29, 0.717) is 18.4 Å². The van der Waals surface area contributed by atoms with E-state index in [4.69, 9.17) is 4.74 Å². The van der Waals surface area contributed by atoms with Crippen molar-refractivity contribution in [3.05, 3.63) is 0 Å². The second-order valence-corrected chi connectivity index (χ2v) is 3.36. The van der Waals surface area contributed by atoms with Crippen molar-refractivity contribution in [2.45, 2.75) is 40.5 Å². The van der Waals surface area contributed by atoms with E-state index in [1.165, 1.54) is 19.8 Å². The van der Waals surface area contributed by atoms with E-state index in [-0.39, 0.29) is 5.97 Å². The van der Waals surface area contributed by atoms with Crippen molar-refractivity contribution in [3.63, 3.8) is 0 Å². The molecular formula is C10H20O2. The summed E-state index contributed by atoms with van der Waals surface area (Å²) in [6, 6.07) is 0. The normalized spacial score (nSPS) is 13.1. The lowest BCUT2D eigenvalue weighted by Gasteiger charge is -2.20. The lowest BCUT2D eigenvalue weighted by atomic mass is 9.90. The van der Waals surface area contributed by atoms with Gasteiger partial charge in [-0.25, -0.2) is 0 Å². The number of esters is 1. The Balaban J connectivity index is 3.68. The maximum Gasteiger partial charge on any atom is 0.302 e. The fraction of sp³-hybridized carbons (Fsp3) is 0.900. The predicted octanol–water partition coefficient (Wildman–Crippen LogP) is 2.62. The van der Waals surface area contributed by atoms with Crippen molar-refractivity contribution < 1.29 is 9.53 Å². The summed E-state index contributed by atoms with van der Waals surface area (Å²) in [6.45, 7) is 8.53. The third kappa shape index (κ3) is 4.37. The van der Waals surface area contributed by atoms with Gasteiger partial charge in [0.2, 0.25) is 0 Å². The largest absolute Gasteiger partial charge is 0.466 e. The van der Waals surface area contributed by atoms with Crippen LogP contribution < -0.4 is 0 Å². The van der Waals surface area contributed by atoms with Crippen LogP contribution in [0, 0.1) is 11.8 Å². The van der Waals surface area contributed by atoms with Gasteiger partial charge in [-0.2, -0.15) is 0 Å². The molecule has 0 amide bonds. The zero-order chi connectivity index (χ0) is 9.56. The van der Waals surface area contributed by atoms with Gasteiger partial charge >= 0.3 is 5.97 Å². The van der Waals surface area contributed by atoms with Crippen molar-refractivity contribution in [1.29, 1.82) is 0 Å². The average molecular weight is 172 g/mol. The molecule has 0 aromatic carbocycles. The highest BCUT2D eigenvalue weighted by Crippen LogP contribution is 2.19. The van der Waals surface area contributed by atoms with E-state index in [9.17, 15) is 4.79 Å². The van der Waals surface area contributed by atoms with Crippen LogP contribution in [0.1, 0.15) is 40.5 Å². The van der Waals surface area contributed by atoms with Gasteiger partial charge in [0.05, 0.1) is 6.61 Å². The number of hydrogen-bond acceptors (Lipinski definition) is 2. The molecule has 0 heterocycles. The second-order valence-electron chi connectivity index (χ2n) is 3.36. The minimum atomic E-state index is -0.173. The van der Waals surface area contributed by atoms with E-state index in [1.807, 2.05) is 0 Å². The summed E-state index contributed by atoms with van der Waals surface area (Å²) in [7, 11) is 0. The lowest BCUT2D eigenvalue weighted by Crippen LogP contribution is -2.17. The number of ether oxygens (including phenoxy) is 1.